The molecule has 0 spiro atoms. The van der Waals surface area contributed by atoms with Gasteiger partial charge in [-0.3, -0.25) is 4.79 Å². The lowest BCUT2D eigenvalue weighted by Gasteiger charge is -2.27. The van der Waals surface area contributed by atoms with Gasteiger partial charge in [0, 0.05) is 6.42 Å². The summed E-state index contributed by atoms with van der Waals surface area (Å²) in [5.74, 6) is 0.0324. The second-order valence-electron chi connectivity index (χ2n) is 5.42. The summed E-state index contributed by atoms with van der Waals surface area (Å²) in [5.41, 5.74) is 1.01. The van der Waals surface area contributed by atoms with Gasteiger partial charge in [-0.15, -0.1) is 0 Å². The Labute approximate surface area is 128 Å². The Morgan fingerprint density at radius 3 is 2.86 bits per heavy atom. The molecule has 2 aliphatic rings. The lowest BCUT2D eigenvalue weighted by Crippen LogP contribution is -2.53. The first-order valence-corrected chi connectivity index (χ1v) is 7.46. The molecule has 1 amide bonds. The first-order valence-electron chi connectivity index (χ1n) is 7.46. The van der Waals surface area contributed by atoms with Crippen molar-refractivity contribution >= 4 is 11.9 Å². The number of alkyl carbamates (subject to hydrolysis) is 1. The molecule has 2 saturated heterocycles. The fraction of sp³-hybridized carbons (Fsp3) is 0.500. The van der Waals surface area contributed by atoms with Gasteiger partial charge in [0.1, 0.15) is 12.2 Å². The third kappa shape index (κ3) is 2.98. The number of rotatable bonds is 5. The highest BCUT2D eigenvalue weighted by atomic mass is 16.6. The minimum absolute atomic E-state index is 0.0324. The maximum absolute atomic E-state index is 11.9. The Morgan fingerprint density at radius 1 is 1.36 bits per heavy atom. The van der Waals surface area contributed by atoms with Gasteiger partial charge in [-0.05, 0) is 12.5 Å². The molecule has 0 aromatic heterocycles. The summed E-state index contributed by atoms with van der Waals surface area (Å²) >= 11 is 0. The van der Waals surface area contributed by atoms with Crippen molar-refractivity contribution in [2.24, 2.45) is 0 Å². The van der Waals surface area contributed by atoms with Crippen LogP contribution in [0.2, 0.25) is 0 Å². The number of Topliss-reactive ketones (excluding diaryl/α,β-unsaturated/α-hetero) is 1. The highest BCUT2D eigenvalue weighted by molar-refractivity contribution is 5.88. The summed E-state index contributed by atoms with van der Waals surface area (Å²) in [6.45, 7) is 2.40. The van der Waals surface area contributed by atoms with Crippen molar-refractivity contribution < 1.29 is 23.8 Å². The zero-order valence-corrected chi connectivity index (χ0v) is 12.4. The van der Waals surface area contributed by atoms with Crippen LogP contribution in [0.15, 0.2) is 30.3 Å². The van der Waals surface area contributed by atoms with Crippen LogP contribution in [0.5, 0.6) is 0 Å². The smallest absolute Gasteiger partial charge is 0.407 e. The normalized spacial score (nSPS) is 29.6. The molecule has 1 N–H and O–H groups in total. The van der Waals surface area contributed by atoms with Gasteiger partial charge in [0.15, 0.2) is 5.78 Å². The van der Waals surface area contributed by atoms with Crippen molar-refractivity contribution in [3.05, 3.63) is 35.9 Å². The van der Waals surface area contributed by atoms with E-state index in [1.54, 1.807) is 6.92 Å². The van der Waals surface area contributed by atoms with E-state index in [-0.39, 0.29) is 17.9 Å². The van der Waals surface area contributed by atoms with Crippen LogP contribution in [-0.4, -0.2) is 42.8 Å². The Balaban J connectivity index is 1.65. The van der Waals surface area contributed by atoms with Gasteiger partial charge in [-0.2, -0.15) is 0 Å². The zero-order chi connectivity index (χ0) is 15.5. The molecule has 1 aromatic rings. The van der Waals surface area contributed by atoms with Crippen LogP contribution < -0.4 is 5.32 Å². The van der Waals surface area contributed by atoms with E-state index in [0.717, 1.165) is 5.56 Å². The Bertz CT molecular complexity index is 547. The molecule has 0 aliphatic carbocycles. The summed E-state index contributed by atoms with van der Waals surface area (Å²) < 4.78 is 16.4. The molecule has 6 heteroatoms. The van der Waals surface area contributed by atoms with E-state index >= 15 is 0 Å². The quantitative estimate of drug-likeness (QED) is 0.890. The van der Waals surface area contributed by atoms with Crippen LogP contribution in [0.25, 0.3) is 0 Å². The molecular weight excluding hydrogens is 286 g/mol. The standard InChI is InChI=1S/C16H19NO5/c1-2-20-16(19)17-13-12-8-11(18)14(22-12)15(13)21-9-10-6-4-3-5-7-10/h3-7,12-15H,2,8-9H2,1H3,(H,17,19)/t12-,13-,14-,15+/m0/s1. The molecule has 2 bridgehead atoms. The fourth-order valence-corrected chi connectivity index (χ4v) is 2.94. The number of amides is 1. The molecule has 2 aliphatic heterocycles. The third-order valence-corrected chi connectivity index (χ3v) is 3.94. The number of nitrogens with one attached hydrogen (secondary N) is 1. The molecular formula is C16H19NO5. The first-order chi connectivity index (χ1) is 10.7. The highest BCUT2D eigenvalue weighted by Gasteiger charge is 2.55. The molecule has 1 aromatic carbocycles. The summed E-state index contributed by atoms with van der Waals surface area (Å²) in [4.78, 5) is 23.5. The molecule has 6 nitrogen and oxygen atoms in total. The molecule has 0 radical (unpaired) electrons. The predicted molar refractivity (Wildman–Crippen MR) is 77.2 cm³/mol. The van der Waals surface area contributed by atoms with Gasteiger partial charge in [-0.1, -0.05) is 30.3 Å². The van der Waals surface area contributed by atoms with Crippen molar-refractivity contribution in [2.45, 2.75) is 44.3 Å². The van der Waals surface area contributed by atoms with Crippen LogP contribution in [0, 0.1) is 0 Å². The number of ether oxygens (including phenoxy) is 3. The van der Waals surface area contributed by atoms with Crippen LogP contribution >= 0.6 is 0 Å². The first kappa shape index (κ1) is 15.0. The molecule has 0 unspecified atom stereocenters. The zero-order valence-electron chi connectivity index (χ0n) is 12.4. The van der Waals surface area contributed by atoms with Crippen molar-refractivity contribution in [3.63, 3.8) is 0 Å². The van der Waals surface area contributed by atoms with Crippen molar-refractivity contribution in [3.8, 4) is 0 Å². The number of carbonyl (C=O) groups is 2. The molecule has 3 rings (SSSR count). The van der Waals surface area contributed by atoms with Gasteiger partial charge < -0.3 is 19.5 Å². The van der Waals surface area contributed by atoms with Crippen molar-refractivity contribution in [1.82, 2.24) is 5.32 Å². The lowest BCUT2D eigenvalue weighted by molar-refractivity contribution is -0.128. The average molecular weight is 305 g/mol. The highest BCUT2D eigenvalue weighted by Crippen LogP contribution is 2.34. The molecule has 2 heterocycles. The van der Waals surface area contributed by atoms with Gasteiger partial charge >= 0.3 is 6.09 Å². The fourth-order valence-electron chi connectivity index (χ4n) is 2.94. The lowest BCUT2D eigenvalue weighted by atomic mass is 9.91. The number of carbonyl (C=O) groups excluding carboxylic acids is 2. The monoisotopic (exact) mass is 305 g/mol. The van der Waals surface area contributed by atoms with Crippen LogP contribution in [0.3, 0.4) is 0 Å². The van der Waals surface area contributed by atoms with Gasteiger partial charge in [0.25, 0.3) is 0 Å². The van der Waals surface area contributed by atoms with E-state index < -0.39 is 18.3 Å². The maximum atomic E-state index is 11.9. The number of ketones is 1. The average Bonchev–Trinajstić information content (AvgIpc) is 3.04. The second-order valence-corrected chi connectivity index (χ2v) is 5.42. The Kier molecular flexibility index (Phi) is 4.40. The summed E-state index contributed by atoms with van der Waals surface area (Å²) in [6.07, 6.45) is -1.60. The molecule has 4 atom stereocenters. The van der Waals surface area contributed by atoms with E-state index in [2.05, 4.69) is 5.32 Å². The largest absolute Gasteiger partial charge is 0.450 e. The second kappa shape index (κ2) is 6.46. The molecule has 118 valence electrons. The topological polar surface area (TPSA) is 73.9 Å². The van der Waals surface area contributed by atoms with Crippen LogP contribution in [0.1, 0.15) is 18.9 Å². The number of hydrogen-bond donors (Lipinski definition) is 1. The van der Waals surface area contributed by atoms with E-state index in [0.29, 0.717) is 19.6 Å². The van der Waals surface area contributed by atoms with Gasteiger partial charge in [0.2, 0.25) is 0 Å². The van der Waals surface area contributed by atoms with Gasteiger partial charge in [-0.25, -0.2) is 4.79 Å². The van der Waals surface area contributed by atoms with E-state index in [1.165, 1.54) is 0 Å². The summed E-state index contributed by atoms with van der Waals surface area (Å²) in [5, 5.41) is 2.75. The van der Waals surface area contributed by atoms with E-state index in [1.807, 2.05) is 30.3 Å². The van der Waals surface area contributed by atoms with E-state index in [4.69, 9.17) is 14.2 Å². The Hall–Kier alpha value is -1.92. The number of fused-ring (bicyclic) bond motifs is 2. The number of benzene rings is 1. The van der Waals surface area contributed by atoms with Crippen LogP contribution in [0.4, 0.5) is 4.79 Å². The van der Waals surface area contributed by atoms with Crippen molar-refractivity contribution in [1.29, 1.82) is 0 Å². The maximum Gasteiger partial charge on any atom is 0.407 e. The summed E-state index contributed by atoms with van der Waals surface area (Å²) in [7, 11) is 0. The Morgan fingerprint density at radius 2 is 2.14 bits per heavy atom. The van der Waals surface area contributed by atoms with Crippen molar-refractivity contribution in [2.75, 3.05) is 6.61 Å². The molecule has 2 fully saturated rings. The van der Waals surface area contributed by atoms with Crippen LogP contribution in [-0.2, 0) is 25.6 Å². The third-order valence-electron chi connectivity index (χ3n) is 3.94. The minimum Gasteiger partial charge on any atom is -0.450 e. The summed E-state index contributed by atoms with van der Waals surface area (Å²) in [6, 6.07) is 9.32. The predicted octanol–water partition coefficient (Wildman–Crippen LogP) is 1.43. The van der Waals surface area contributed by atoms with E-state index in [9.17, 15) is 9.59 Å². The minimum atomic E-state index is -0.597. The SMILES string of the molecule is CCOC(=O)N[C@@H]1[C@@H](OCc2ccccc2)[C@H]2O[C@H]1CC2=O. The van der Waals surface area contributed by atoms with Gasteiger partial charge in [0.05, 0.1) is 25.4 Å². The molecule has 22 heavy (non-hydrogen) atoms. The number of hydrogen-bond acceptors (Lipinski definition) is 5. The molecule has 0 saturated carbocycles.